The van der Waals surface area contributed by atoms with Crippen LogP contribution >= 0.6 is 22.9 Å². The molecule has 1 unspecified atom stereocenters. The Labute approximate surface area is 172 Å². The molecule has 0 bridgehead atoms. The highest BCUT2D eigenvalue weighted by molar-refractivity contribution is 7.16. The number of thiophene rings is 1. The Kier molecular flexibility index (Phi) is 4.42. The minimum atomic E-state index is -0.379. The third-order valence-corrected chi connectivity index (χ3v) is 6.76. The number of benzene rings is 1. The van der Waals surface area contributed by atoms with Gasteiger partial charge in [0.2, 0.25) is 0 Å². The number of carbonyl (C=O) groups excluding carboxylic acids is 1. The first-order chi connectivity index (χ1) is 13.6. The van der Waals surface area contributed by atoms with Crippen molar-refractivity contribution in [2.24, 2.45) is 0 Å². The Morgan fingerprint density at radius 3 is 3.00 bits per heavy atom. The van der Waals surface area contributed by atoms with Crippen molar-refractivity contribution in [3.05, 3.63) is 63.2 Å². The van der Waals surface area contributed by atoms with E-state index < -0.39 is 0 Å². The van der Waals surface area contributed by atoms with Gasteiger partial charge in [0.1, 0.15) is 16.5 Å². The van der Waals surface area contributed by atoms with E-state index in [0.29, 0.717) is 10.8 Å². The molecule has 1 amide bonds. The molecule has 2 aliphatic rings. The number of anilines is 1. The van der Waals surface area contributed by atoms with Gasteiger partial charge in [0.25, 0.3) is 5.91 Å². The summed E-state index contributed by atoms with van der Waals surface area (Å²) in [5.74, 6) is 1.38. The van der Waals surface area contributed by atoms with E-state index in [1.807, 2.05) is 36.4 Å². The van der Waals surface area contributed by atoms with Crippen LogP contribution in [0, 0.1) is 0 Å². The maximum absolute atomic E-state index is 12.9. The first kappa shape index (κ1) is 17.8. The van der Waals surface area contributed by atoms with Crippen molar-refractivity contribution < 1.29 is 9.21 Å². The van der Waals surface area contributed by atoms with Gasteiger partial charge in [-0.05, 0) is 42.8 Å². The molecule has 7 heteroatoms. The lowest BCUT2D eigenvalue weighted by Crippen LogP contribution is -2.38. The minimum Gasteiger partial charge on any atom is -0.457 e. The monoisotopic (exact) mass is 413 g/mol. The lowest BCUT2D eigenvalue weighted by atomic mass is 10.0. The molecule has 5 nitrogen and oxygen atoms in total. The van der Waals surface area contributed by atoms with Gasteiger partial charge in [0.05, 0.1) is 5.56 Å². The summed E-state index contributed by atoms with van der Waals surface area (Å²) < 4.78 is 6.02. The van der Waals surface area contributed by atoms with Crippen molar-refractivity contribution in [3.63, 3.8) is 0 Å². The molecule has 0 fully saturated rings. The Morgan fingerprint density at radius 1 is 1.29 bits per heavy atom. The zero-order valence-corrected chi connectivity index (χ0v) is 17.0. The summed E-state index contributed by atoms with van der Waals surface area (Å²) in [6.07, 6.45) is 0.546. The van der Waals surface area contributed by atoms with Crippen LogP contribution in [0.4, 0.5) is 5.00 Å². The molecule has 2 aliphatic heterocycles. The van der Waals surface area contributed by atoms with Crippen LogP contribution in [0.25, 0.3) is 11.3 Å². The van der Waals surface area contributed by atoms with Crippen LogP contribution in [0.1, 0.15) is 39.6 Å². The summed E-state index contributed by atoms with van der Waals surface area (Å²) in [7, 11) is 0. The third-order valence-electron chi connectivity index (χ3n) is 5.38. The summed E-state index contributed by atoms with van der Waals surface area (Å²) in [4.78, 5) is 16.6. The second-order valence-corrected chi connectivity index (χ2v) is 8.63. The molecule has 2 aromatic heterocycles. The van der Waals surface area contributed by atoms with Crippen molar-refractivity contribution in [2.45, 2.75) is 26.1 Å². The van der Waals surface area contributed by atoms with Crippen molar-refractivity contribution >= 4 is 33.8 Å². The van der Waals surface area contributed by atoms with Crippen LogP contribution in [0.5, 0.6) is 0 Å². The maximum Gasteiger partial charge on any atom is 0.256 e. The van der Waals surface area contributed by atoms with Crippen molar-refractivity contribution in [2.75, 3.05) is 18.4 Å². The van der Waals surface area contributed by atoms with Crippen molar-refractivity contribution in [3.8, 4) is 11.3 Å². The summed E-state index contributed by atoms with van der Waals surface area (Å²) in [6.45, 7) is 5.13. The van der Waals surface area contributed by atoms with E-state index in [-0.39, 0.29) is 12.1 Å². The fourth-order valence-corrected chi connectivity index (χ4v) is 5.39. The number of hydrogen-bond acceptors (Lipinski definition) is 5. The zero-order valence-electron chi connectivity index (χ0n) is 15.4. The third kappa shape index (κ3) is 3.02. The molecule has 3 aromatic rings. The number of hydrogen-bond donors (Lipinski definition) is 2. The molecular weight excluding hydrogens is 394 g/mol. The number of halogens is 1. The molecule has 0 saturated carbocycles. The number of nitrogens with one attached hydrogen (secondary N) is 2. The van der Waals surface area contributed by atoms with Crippen LogP contribution < -0.4 is 10.6 Å². The zero-order chi connectivity index (χ0) is 19.3. The van der Waals surface area contributed by atoms with Gasteiger partial charge in [-0.3, -0.25) is 9.69 Å². The first-order valence-electron chi connectivity index (χ1n) is 9.42. The highest BCUT2D eigenvalue weighted by atomic mass is 35.5. The second kappa shape index (κ2) is 6.95. The van der Waals surface area contributed by atoms with Crippen molar-refractivity contribution in [1.82, 2.24) is 10.2 Å². The highest BCUT2D eigenvalue weighted by Gasteiger charge is 2.34. The van der Waals surface area contributed by atoms with E-state index in [9.17, 15) is 4.79 Å². The first-order valence-corrected chi connectivity index (χ1v) is 10.6. The maximum atomic E-state index is 12.9. The van der Waals surface area contributed by atoms with Crippen LogP contribution in [0.3, 0.4) is 0 Å². The Hall–Kier alpha value is -2.28. The molecule has 1 atom stereocenters. The molecule has 0 aliphatic carbocycles. The summed E-state index contributed by atoms with van der Waals surface area (Å²) in [5, 5.41) is 8.11. The normalized spacial score (nSPS) is 18.9. The van der Waals surface area contributed by atoms with E-state index in [4.69, 9.17) is 16.0 Å². The highest BCUT2D eigenvalue weighted by Crippen LogP contribution is 2.41. The topological polar surface area (TPSA) is 57.5 Å². The second-order valence-electron chi connectivity index (χ2n) is 7.09. The molecule has 0 saturated heterocycles. The number of likely N-dealkylation sites (N-methyl/N-ethyl adjacent to an activating group) is 1. The lowest BCUT2D eigenvalue weighted by Gasteiger charge is -2.27. The molecule has 144 valence electrons. The summed E-state index contributed by atoms with van der Waals surface area (Å²) in [5.41, 5.74) is 2.92. The molecular formula is C21H20ClN3O2S. The average molecular weight is 414 g/mol. The SMILES string of the molecule is CCN1CCc2c(sc3c2C(=O)NC(c2ccc(-c4cccc(Cl)c4)o2)N3)C1. The molecule has 2 N–H and O–H groups in total. The Balaban J connectivity index is 1.43. The smallest absolute Gasteiger partial charge is 0.256 e. The fourth-order valence-electron chi connectivity index (χ4n) is 3.89. The largest absolute Gasteiger partial charge is 0.457 e. The molecule has 0 spiro atoms. The average Bonchev–Trinajstić information content (AvgIpc) is 3.32. The van der Waals surface area contributed by atoms with Gasteiger partial charge in [-0.1, -0.05) is 30.7 Å². The summed E-state index contributed by atoms with van der Waals surface area (Å²) >= 11 is 7.77. The van der Waals surface area contributed by atoms with Gasteiger partial charge in [0.15, 0.2) is 6.17 Å². The van der Waals surface area contributed by atoms with Gasteiger partial charge in [-0.15, -0.1) is 11.3 Å². The molecule has 28 heavy (non-hydrogen) atoms. The van der Waals surface area contributed by atoms with Gasteiger partial charge >= 0.3 is 0 Å². The Bertz CT molecular complexity index is 1060. The molecule has 4 heterocycles. The van der Waals surface area contributed by atoms with Gasteiger partial charge in [0, 0.05) is 28.6 Å². The number of rotatable bonds is 3. The molecule has 1 aromatic carbocycles. The van der Waals surface area contributed by atoms with E-state index in [0.717, 1.165) is 47.9 Å². The van der Waals surface area contributed by atoms with Gasteiger partial charge in [-0.25, -0.2) is 0 Å². The number of furan rings is 1. The van der Waals surface area contributed by atoms with E-state index in [1.165, 1.54) is 10.4 Å². The van der Waals surface area contributed by atoms with E-state index in [2.05, 4.69) is 22.5 Å². The fraction of sp³-hybridized carbons (Fsp3) is 0.286. The van der Waals surface area contributed by atoms with Crippen LogP contribution in [-0.2, 0) is 13.0 Å². The van der Waals surface area contributed by atoms with Crippen LogP contribution in [0.15, 0.2) is 40.8 Å². The van der Waals surface area contributed by atoms with E-state index >= 15 is 0 Å². The predicted octanol–water partition coefficient (Wildman–Crippen LogP) is 4.89. The van der Waals surface area contributed by atoms with Crippen molar-refractivity contribution in [1.29, 1.82) is 0 Å². The number of amides is 1. The predicted molar refractivity (Wildman–Crippen MR) is 112 cm³/mol. The van der Waals surface area contributed by atoms with Crippen LogP contribution in [0.2, 0.25) is 5.02 Å². The minimum absolute atomic E-state index is 0.0260. The Morgan fingerprint density at radius 2 is 2.18 bits per heavy atom. The molecule has 5 rings (SSSR count). The van der Waals surface area contributed by atoms with Gasteiger partial charge in [-0.2, -0.15) is 0 Å². The number of nitrogens with zero attached hydrogens (tertiary/aromatic N) is 1. The van der Waals surface area contributed by atoms with Gasteiger partial charge < -0.3 is 15.1 Å². The standard InChI is InChI=1S/C21H20ClN3O2S/c1-2-25-9-8-14-17(11-25)28-21-18(14)20(26)23-19(24-21)16-7-6-15(27-16)12-4-3-5-13(22)10-12/h3-7,10,19,24H,2,8-9,11H2,1H3,(H,23,26). The molecule has 0 radical (unpaired) electrons. The van der Waals surface area contributed by atoms with E-state index in [1.54, 1.807) is 11.3 Å². The quantitative estimate of drug-likeness (QED) is 0.641. The van der Waals surface area contributed by atoms with Crippen LogP contribution in [-0.4, -0.2) is 23.9 Å². The number of fused-ring (bicyclic) bond motifs is 3. The summed E-state index contributed by atoms with van der Waals surface area (Å²) in [6, 6.07) is 11.3. The lowest BCUT2D eigenvalue weighted by molar-refractivity contribution is 0.0930. The number of carbonyl (C=O) groups is 1.